The van der Waals surface area contributed by atoms with Crippen LogP contribution in [0.1, 0.15) is 22.9 Å². The van der Waals surface area contributed by atoms with Gasteiger partial charge in [0.1, 0.15) is 12.4 Å². The molecule has 3 heterocycles. The quantitative estimate of drug-likeness (QED) is 0.265. The lowest BCUT2D eigenvalue weighted by Crippen LogP contribution is -2.34. The molecule has 0 aliphatic carbocycles. The maximum absolute atomic E-state index is 11.8. The first-order chi connectivity index (χ1) is 17.6. The summed E-state index contributed by atoms with van der Waals surface area (Å²) < 4.78 is 17.1. The van der Waals surface area contributed by atoms with Crippen LogP contribution in [0.5, 0.6) is 5.75 Å². The zero-order valence-electron chi connectivity index (χ0n) is 20.5. The van der Waals surface area contributed by atoms with E-state index in [0.29, 0.717) is 26.4 Å². The van der Waals surface area contributed by atoms with E-state index in [0.717, 1.165) is 52.3 Å². The van der Waals surface area contributed by atoms with Crippen molar-refractivity contribution in [3.63, 3.8) is 0 Å². The van der Waals surface area contributed by atoms with Gasteiger partial charge >= 0.3 is 0 Å². The summed E-state index contributed by atoms with van der Waals surface area (Å²) in [5.41, 5.74) is 4.37. The summed E-state index contributed by atoms with van der Waals surface area (Å²) in [4.78, 5) is 21.2. The Morgan fingerprint density at radius 3 is 2.56 bits per heavy atom. The highest BCUT2D eigenvalue weighted by Crippen LogP contribution is 2.38. The van der Waals surface area contributed by atoms with Crippen LogP contribution >= 0.6 is 11.6 Å². The summed E-state index contributed by atoms with van der Waals surface area (Å²) in [6.07, 6.45) is 7.18. The van der Waals surface area contributed by atoms with Crippen LogP contribution in [0.3, 0.4) is 0 Å². The normalized spacial score (nSPS) is 14.8. The molecule has 0 radical (unpaired) electrons. The van der Waals surface area contributed by atoms with E-state index in [1.165, 1.54) is 5.56 Å². The topological polar surface area (TPSA) is 81.6 Å². The minimum Gasteiger partial charge on any atom is -0.492 e. The van der Waals surface area contributed by atoms with Gasteiger partial charge in [0.25, 0.3) is 0 Å². The number of hydrogen-bond acceptors (Lipinski definition) is 5. The van der Waals surface area contributed by atoms with Crippen molar-refractivity contribution in [2.24, 2.45) is 0 Å². The smallest absolute Gasteiger partial charge is 0.210 e. The molecule has 36 heavy (non-hydrogen) atoms. The van der Waals surface area contributed by atoms with Crippen molar-refractivity contribution < 1.29 is 19.0 Å². The second-order valence-corrected chi connectivity index (χ2v) is 8.84. The molecule has 1 atom stereocenters. The predicted molar refractivity (Wildman–Crippen MR) is 140 cm³/mol. The van der Waals surface area contributed by atoms with Crippen LogP contribution in [0.2, 0.25) is 5.02 Å². The molecule has 2 aromatic heterocycles. The van der Waals surface area contributed by atoms with Crippen molar-refractivity contribution in [1.82, 2.24) is 19.4 Å². The molecule has 190 valence electrons. The number of H-pyrrole nitrogens is 1. The molecule has 9 heteroatoms. The number of ether oxygens (including phenoxy) is 3. The number of rotatable bonds is 9. The standard InChI is InChI=1S/C23H21ClN4O2.C4H10O2/c24-17-3-6-21-20(13-17)19-7-9-28(15-29)23(22(19)26-21)16-1-4-18(5-2-16)30-12-11-27-10-8-25-14-27;1-5-3-4-6-2/h1-6,8,10,13-15,23,26H,7,9,11-12H2;3-4H2,1-2H3. The molecule has 5 rings (SSSR count). The van der Waals surface area contributed by atoms with Crippen molar-refractivity contribution in [2.75, 3.05) is 40.6 Å². The van der Waals surface area contributed by atoms with E-state index in [1.54, 1.807) is 26.7 Å². The van der Waals surface area contributed by atoms with Crippen LogP contribution in [-0.4, -0.2) is 66.4 Å². The molecule has 2 aromatic carbocycles. The average Bonchev–Trinajstić information content (AvgIpc) is 3.55. The van der Waals surface area contributed by atoms with Crippen molar-refractivity contribution in [3.8, 4) is 5.75 Å². The molecule has 1 N–H and O–H groups in total. The Morgan fingerprint density at radius 1 is 1.11 bits per heavy atom. The number of methoxy groups -OCH3 is 2. The molecule has 0 bridgehead atoms. The van der Waals surface area contributed by atoms with E-state index < -0.39 is 0 Å². The Balaban J connectivity index is 0.000000455. The Kier molecular flexibility index (Phi) is 9.00. The first-order valence-electron chi connectivity index (χ1n) is 11.8. The molecule has 0 saturated carbocycles. The summed E-state index contributed by atoms with van der Waals surface area (Å²) in [6.45, 7) is 3.35. The number of benzene rings is 2. The lowest BCUT2D eigenvalue weighted by atomic mass is 9.93. The van der Waals surface area contributed by atoms with Gasteiger partial charge in [0, 0.05) is 54.8 Å². The monoisotopic (exact) mass is 510 g/mol. The number of halogens is 1. The fourth-order valence-electron chi connectivity index (χ4n) is 4.35. The summed E-state index contributed by atoms with van der Waals surface area (Å²) in [5.74, 6) is 0.802. The molecule has 1 aliphatic rings. The number of aromatic amines is 1. The fourth-order valence-corrected chi connectivity index (χ4v) is 4.52. The maximum atomic E-state index is 11.8. The van der Waals surface area contributed by atoms with Gasteiger partial charge in [-0.3, -0.25) is 4.79 Å². The predicted octanol–water partition coefficient (Wildman–Crippen LogP) is 4.48. The van der Waals surface area contributed by atoms with E-state index in [-0.39, 0.29) is 6.04 Å². The van der Waals surface area contributed by atoms with E-state index in [1.807, 2.05) is 58.1 Å². The van der Waals surface area contributed by atoms with Crippen LogP contribution in [0.15, 0.2) is 61.2 Å². The van der Waals surface area contributed by atoms with Crippen LogP contribution < -0.4 is 4.74 Å². The van der Waals surface area contributed by atoms with Crippen molar-refractivity contribution >= 4 is 28.9 Å². The number of aromatic nitrogens is 3. The molecule has 1 aliphatic heterocycles. The first kappa shape index (κ1) is 25.8. The summed E-state index contributed by atoms with van der Waals surface area (Å²) >= 11 is 6.22. The number of amides is 1. The Bertz CT molecular complexity index is 1240. The molecule has 0 saturated heterocycles. The van der Waals surface area contributed by atoms with Crippen molar-refractivity contribution in [2.45, 2.75) is 19.0 Å². The second kappa shape index (κ2) is 12.6. The van der Waals surface area contributed by atoms with Gasteiger partial charge in [-0.25, -0.2) is 4.98 Å². The molecule has 1 unspecified atom stereocenters. The third-order valence-electron chi connectivity index (χ3n) is 6.13. The van der Waals surface area contributed by atoms with E-state index in [2.05, 4.69) is 19.4 Å². The van der Waals surface area contributed by atoms with Gasteiger partial charge in [-0.2, -0.15) is 0 Å². The maximum Gasteiger partial charge on any atom is 0.210 e. The third-order valence-corrected chi connectivity index (χ3v) is 6.36. The minimum atomic E-state index is -0.155. The number of nitrogens with one attached hydrogen (secondary N) is 1. The summed E-state index contributed by atoms with van der Waals surface area (Å²) in [7, 11) is 3.30. The van der Waals surface area contributed by atoms with Crippen LogP contribution in [0.4, 0.5) is 0 Å². The number of imidazole rings is 1. The van der Waals surface area contributed by atoms with Gasteiger partial charge in [0.15, 0.2) is 0 Å². The largest absolute Gasteiger partial charge is 0.492 e. The fraction of sp³-hybridized carbons (Fsp3) is 0.333. The zero-order chi connectivity index (χ0) is 25.3. The molecular weight excluding hydrogens is 480 g/mol. The Hall–Kier alpha value is -3.33. The molecule has 8 nitrogen and oxygen atoms in total. The lowest BCUT2D eigenvalue weighted by Gasteiger charge is -2.33. The molecule has 0 spiro atoms. The number of carbonyl (C=O) groups is 1. The molecule has 4 aromatic rings. The van der Waals surface area contributed by atoms with Crippen LogP contribution in [0, 0.1) is 0 Å². The highest BCUT2D eigenvalue weighted by atomic mass is 35.5. The number of fused-ring (bicyclic) bond motifs is 3. The Morgan fingerprint density at radius 2 is 1.89 bits per heavy atom. The van der Waals surface area contributed by atoms with Gasteiger partial charge in [0.2, 0.25) is 6.41 Å². The van der Waals surface area contributed by atoms with Crippen LogP contribution in [0.25, 0.3) is 10.9 Å². The summed E-state index contributed by atoms with van der Waals surface area (Å²) in [6, 6.07) is 13.7. The van der Waals surface area contributed by atoms with Crippen molar-refractivity contribution in [3.05, 3.63) is 83.0 Å². The number of hydrogen-bond donors (Lipinski definition) is 1. The van der Waals surface area contributed by atoms with E-state index >= 15 is 0 Å². The molecule has 0 fully saturated rings. The molecular formula is C27H31ClN4O4. The highest BCUT2D eigenvalue weighted by Gasteiger charge is 2.31. The van der Waals surface area contributed by atoms with Gasteiger partial charge in [0.05, 0.1) is 32.1 Å². The summed E-state index contributed by atoms with van der Waals surface area (Å²) in [5, 5.41) is 1.85. The first-order valence-corrected chi connectivity index (χ1v) is 12.2. The van der Waals surface area contributed by atoms with E-state index in [9.17, 15) is 4.79 Å². The molecule has 1 amide bonds. The zero-order valence-corrected chi connectivity index (χ0v) is 21.3. The second-order valence-electron chi connectivity index (χ2n) is 8.41. The number of carbonyl (C=O) groups excluding carboxylic acids is 1. The number of nitrogens with zero attached hydrogens (tertiary/aromatic N) is 3. The van der Waals surface area contributed by atoms with Crippen LogP contribution in [-0.2, 0) is 27.2 Å². The highest BCUT2D eigenvalue weighted by molar-refractivity contribution is 6.31. The SMILES string of the molecule is COCCOC.O=CN1CCc2c([nH]c3ccc(Cl)cc23)C1c1ccc(OCCn2ccnc2)cc1. The average molecular weight is 511 g/mol. The van der Waals surface area contributed by atoms with Gasteiger partial charge in [-0.1, -0.05) is 23.7 Å². The van der Waals surface area contributed by atoms with Gasteiger partial charge < -0.3 is 28.7 Å². The Labute approximate surface area is 215 Å². The minimum absolute atomic E-state index is 0.155. The lowest BCUT2D eigenvalue weighted by molar-refractivity contribution is -0.120. The van der Waals surface area contributed by atoms with Gasteiger partial charge in [-0.05, 0) is 47.9 Å². The van der Waals surface area contributed by atoms with Gasteiger partial charge in [-0.15, -0.1) is 0 Å². The third kappa shape index (κ3) is 6.07. The van der Waals surface area contributed by atoms with E-state index in [4.69, 9.17) is 16.3 Å². The van der Waals surface area contributed by atoms with Crippen molar-refractivity contribution in [1.29, 1.82) is 0 Å².